The summed E-state index contributed by atoms with van der Waals surface area (Å²) in [7, 11) is -2.17. The quantitative estimate of drug-likeness (QED) is 0.566. The van der Waals surface area contributed by atoms with Crippen LogP contribution in [-0.4, -0.2) is 47.7 Å². The molecule has 0 aliphatic rings. The van der Waals surface area contributed by atoms with Crippen LogP contribution in [0.4, 0.5) is 0 Å². The molecule has 0 heterocycles. The third kappa shape index (κ3) is 5.09. The van der Waals surface area contributed by atoms with Crippen LogP contribution >= 0.6 is 0 Å². The van der Waals surface area contributed by atoms with Crippen LogP contribution in [0.15, 0.2) is 23.1 Å². The Labute approximate surface area is 124 Å². The molecule has 0 aliphatic heterocycles. The Kier molecular flexibility index (Phi) is 6.76. The number of carbonyl (C=O) groups excluding carboxylic acids is 1. The Morgan fingerprint density at radius 1 is 1.33 bits per heavy atom. The number of sulfonamides is 1. The van der Waals surface area contributed by atoms with E-state index in [0.717, 1.165) is 0 Å². The van der Waals surface area contributed by atoms with E-state index < -0.39 is 10.0 Å². The monoisotopic (exact) mass is 315 g/mol. The number of rotatable bonds is 8. The van der Waals surface area contributed by atoms with Crippen molar-refractivity contribution in [3.63, 3.8) is 0 Å². The highest BCUT2D eigenvalue weighted by molar-refractivity contribution is 7.89. The Hall–Kier alpha value is -1.48. The number of nitrogens with two attached hydrogens (primary N) is 1. The van der Waals surface area contributed by atoms with Gasteiger partial charge in [-0.05, 0) is 24.6 Å². The number of methoxy groups -OCH3 is 1. The number of carbonyl (C=O) groups is 1. The van der Waals surface area contributed by atoms with Crippen LogP contribution in [0.5, 0.6) is 0 Å². The highest BCUT2D eigenvalue weighted by Crippen LogP contribution is 2.15. The van der Waals surface area contributed by atoms with E-state index in [1.165, 1.54) is 19.2 Å². The lowest BCUT2D eigenvalue weighted by atomic mass is 10.1. The Morgan fingerprint density at radius 3 is 2.67 bits per heavy atom. The maximum absolute atomic E-state index is 12.1. The van der Waals surface area contributed by atoms with Crippen LogP contribution in [-0.2, 0) is 14.8 Å². The Bertz CT molecular complexity index is 587. The highest BCUT2D eigenvalue weighted by Gasteiger charge is 2.17. The number of ether oxygens (including phenoxy) is 1. The number of amides is 1. The fourth-order valence-electron chi connectivity index (χ4n) is 1.66. The number of nitrogens with one attached hydrogen (secondary N) is 2. The molecule has 0 saturated carbocycles. The van der Waals surface area contributed by atoms with Crippen LogP contribution in [0.1, 0.15) is 15.9 Å². The lowest BCUT2D eigenvalue weighted by Gasteiger charge is -2.10. The van der Waals surface area contributed by atoms with E-state index >= 15 is 0 Å². The predicted octanol–water partition coefficient (Wildman–Crippen LogP) is -0.392. The molecule has 0 spiro atoms. The molecular formula is C13H21N3O4S. The third-order valence-corrected chi connectivity index (χ3v) is 4.25. The molecule has 7 nitrogen and oxygen atoms in total. The minimum Gasteiger partial charge on any atom is -0.383 e. The summed E-state index contributed by atoms with van der Waals surface area (Å²) in [6.07, 6.45) is 0. The van der Waals surface area contributed by atoms with Gasteiger partial charge in [0.25, 0.3) is 5.91 Å². The van der Waals surface area contributed by atoms with Crippen molar-refractivity contribution in [1.82, 2.24) is 10.0 Å². The lowest BCUT2D eigenvalue weighted by molar-refractivity contribution is 0.0954. The van der Waals surface area contributed by atoms with Gasteiger partial charge >= 0.3 is 0 Å². The lowest BCUT2D eigenvalue weighted by Crippen LogP contribution is -2.30. The SMILES string of the molecule is COCCNS(=O)(=O)c1ccc(C)c(C(=O)NCCN)c1. The number of hydrogen-bond donors (Lipinski definition) is 3. The van der Waals surface area contributed by atoms with Crippen molar-refractivity contribution in [2.45, 2.75) is 11.8 Å². The topological polar surface area (TPSA) is 111 Å². The molecular weight excluding hydrogens is 294 g/mol. The van der Waals surface area contributed by atoms with Gasteiger partial charge in [-0.15, -0.1) is 0 Å². The highest BCUT2D eigenvalue weighted by atomic mass is 32.2. The van der Waals surface area contributed by atoms with Crippen molar-refractivity contribution in [2.75, 3.05) is 33.4 Å². The molecule has 0 atom stereocenters. The van der Waals surface area contributed by atoms with Crippen LogP contribution in [0.25, 0.3) is 0 Å². The smallest absolute Gasteiger partial charge is 0.251 e. The van der Waals surface area contributed by atoms with Crippen molar-refractivity contribution in [3.8, 4) is 0 Å². The molecule has 118 valence electrons. The Balaban J connectivity index is 2.97. The van der Waals surface area contributed by atoms with Gasteiger partial charge in [0.15, 0.2) is 0 Å². The molecule has 0 saturated heterocycles. The molecule has 1 aromatic carbocycles. The Morgan fingerprint density at radius 2 is 2.05 bits per heavy atom. The van der Waals surface area contributed by atoms with Gasteiger partial charge in [-0.2, -0.15) is 0 Å². The molecule has 0 aromatic heterocycles. The zero-order valence-corrected chi connectivity index (χ0v) is 13.0. The predicted molar refractivity (Wildman–Crippen MR) is 79.6 cm³/mol. The molecule has 0 fully saturated rings. The second-order valence-corrected chi connectivity index (χ2v) is 6.18. The van der Waals surface area contributed by atoms with E-state index in [1.54, 1.807) is 13.0 Å². The molecule has 0 radical (unpaired) electrons. The number of hydrogen-bond acceptors (Lipinski definition) is 5. The number of aryl methyl sites for hydroxylation is 1. The van der Waals surface area contributed by atoms with E-state index in [9.17, 15) is 13.2 Å². The van der Waals surface area contributed by atoms with Gasteiger partial charge in [0.1, 0.15) is 0 Å². The van der Waals surface area contributed by atoms with E-state index in [4.69, 9.17) is 10.5 Å². The minimum atomic E-state index is -3.66. The molecule has 0 unspecified atom stereocenters. The second kappa shape index (κ2) is 8.08. The molecule has 1 rings (SSSR count). The van der Waals surface area contributed by atoms with Gasteiger partial charge in [-0.1, -0.05) is 6.07 Å². The minimum absolute atomic E-state index is 0.0436. The van der Waals surface area contributed by atoms with Gasteiger partial charge < -0.3 is 15.8 Å². The summed E-state index contributed by atoms with van der Waals surface area (Å²) >= 11 is 0. The average Bonchev–Trinajstić information content (AvgIpc) is 2.45. The largest absolute Gasteiger partial charge is 0.383 e. The van der Waals surface area contributed by atoms with Crippen LogP contribution in [0, 0.1) is 6.92 Å². The van der Waals surface area contributed by atoms with Crippen molar-refractivity contribution >= 4 is 15.9 Å². The maximum Gasteiger partial charge on any atom is 0.251 e. The third-order valence-electron chi connectivity index (χ3n) is 2.79. The first kappa shape index (κ1) is 17.6. The van der Waals surface area contributed by atoms with Gasteiger partial charge in [-0.3, -0.25) is 4.79 Å². The van der Waals surface area contributed by atoms with Crippen molar-refractivity contribution < 1.29 is 17.9 Å². The van der Waals surface area contributed by atoms with Crippen molar-refractivity contribution in [1.29, 1.82) is 0 Å². The van der Waals surface area contributed by atoms with E-state index in [2.05, 4.69) is 10.0 Å². The van der Waals surface area contributed by atoms with E-state index in [-0.39, 0.29) is 24.0 Å². The van der Waals surface area contributed by atoms with Gasteiger partial charge in [0.05, 0.1) is 11.5 Å². The van der Waals surface area contributed by atoms with Crippen LogP contribution in [0.3, 0.4) is 0 Å². The summed E-state index contributed by atoms with van der Waals surface area (Å²) in [6.45, 7) is 2.84. The summed E-state index contributed by atoms with van der Waals surface area (Å²) in [5.41, 5.74) is 6.34. The summed E-state index contributed by atoms with van der Waals surface area (Å²) in [5, 5.41) is 2.62. The summed E-state index contributed by atoms with van der Waals surface area (Å²) in [5.74, 6) is -0.341. The molecule has 0 bridgehead atoms. The average molecular weight is 315 g/mol. The fraction of sp³-hybridized carbons (Fsp3) is 0.462. The first-order chi connectivity index (χ1) is 9.92. The van der Waals surface area contributed by atoms with Crippen LogP contribution in [0.2, 0.25) is 0 Å². The first-order valence-electron chi connectivity index (χ1n) is 6.50. The summed E-state index contributed by atoms with van der Waals surface area (Å²) in [6, 6.07) is 4.42. The molecule has 0 aliphatic carbocycles. The summed E-state index contributed by atoms with van der Waals surface area (Å²) in [4.78, 5) is 12.0. The molecule has 4 N–H and O–H groups in total. The van der Waals surface area contributed by atoms with Gasteiger partial charge in [0.2, 0.25) is 10.0 Å². The fourth-order valence-corrected chi connectivity index (χ4v) is 2.69. The molecule has 21 heavy (non-hydrogen) atoms. The van der Waals surface area contributed by atoms with E-state index in [1.807, 2.05) is 0 Å². The molecule has 1 aromatic rings. The van der Waals surface area contributed by atoms with Crippen LogP contribution < -0.4 is 15.8 Å². The van der Waals surface area contributed by atoms with Gasteiger partial charge in [-0.25, -0.2) is 13.1 Å². The second-order valence-electron chi connectivity index (χ2n) is 4.41. The summed E-state index contributed by atoms with van der Waals surface area (Å²) < 4.78 is 31.4. The van der Waals surface area contributed by atoms with Gasteiger partial charge in [0, 0.05) is 32.3 Å². The number of benzene rings is 1. The van der Waals surface area contributed by atoms with Crippen molar-refractivity contribution in [2.24, 2.45) is 5.73 Å². The molecule has 8 heteroatoms. The normalized spacial score (nSPS) is 11.4. The zero-order valence-electron chi connectivity index (χ0n) is 12.2. The maximum atomic E-state index is 12.1. The first-order valence-corrected chi connectivity index (χ1v) is 7.98. The molecule has 1 amide bonds. The standard InChI is InChI=1S/C13H21N3O4S/c1-10-3-4-11(21(18,19)16-7-8-20-2)9-12(10)13(17)15-6-5-14/h3-4,9,16H,5-8,14H2,1-2H3,(H,15,17). The van der Waals surface area contributed by atoms with Crippen molar-refractivity contribution in [3.05, 3.63) is 29.3 Å². The zero-order chi connectivity index (χ0) is 15.9. The van der Waals surface area contributed by atoms with E-state index in [0.29, 0.717) is 24.2 Å².